The molecule has 1 aromatic heterocycles. The van der Waals surface area contributed by atoms with Crippen LogP contribution in [0.3, 0.4) is 0 Å². The van der Waals surface area contributed by atoms with Crippen molar-refractivity contribution in [2.75, 3.05) is 17.7 Å². The van der Waals surface area contributed by atoms with Gasteiger partial charge in [-0.3, -0.25) is 0 Å². The Morgan fingerprint density at radius 2 is 1.88 bits per heavy atom. The van der Waals surface area contributed by atoms with Crippen LogP contribution in [0.25, 0.3) is 22.4 Å². The smallest absolute Gasteiger partial charge is 0.192 e. The highest BCUT2D eigenvalue weighted by atomic mass is 127. The number of benzene rings is 2. The lowest BCUT2D eigenvalue weighted by Gasteiger charge is -2.14. The van der Waals surface area contributed by atoms with Crippen molar-refractivity contribution in [3.05, 3.63) is 46.8 Å². The Labute approximate surface area is 158 Å². The first-order valence-corrected chi connectivity index (χ1v) is 9.35. The normalized spacial score (nSPS) is 11.8. The van der Waals surface area contributed by atoms with Crippen molar-refractivity contribution in [3.63, 3.8) is 0 Å². The van der Waals surface area contributed by atoms with Crippen molar-refractivity contribution in [1.29, 1.82) is 0 Å². The van der Waals surface area contributed by atoms with Crippen LogP contribution in [0.4, 0.5) is 5.13 Å². The van der Waals surface area contributed by atoms with E-state index in [0.717, 1.165) is 39.9 Å². The topological polar surface area (TPSA) is 43.4 Å². The summed E-state index contributed by atoms with van der Waals surface area (Å²) in [6.45, 7) is 0. The van der Waals surface area contributed by atoms with Crippen LogP contribution in [0, 0.1) is 0 Å². The molecule has 0 fully saturated rings. The van der Waals surface area contributed by atoms with Crippen LogP contribution < -0.4 is 13.0 Å². The molecule has 2 aromatic carbocycles. The molecule has 3 aromatic rings. The summed E-state index contributed by atoms with van der Waals surface area (Å²) in [5.41, 5.74) is 5.85. The number of methoxy groups -OCH3 is 2. The van der Waals surface area contributed by atoms with Gasteiger partial charge in [0, 0.05) is 22.4 Å². The lowest BCUT2D eigenvalue weighted by Crippen LogP contribution is -1.94. The maximum Gasteiger partial charge on any atom is 0.192 e. The number of rotatable bonds is 4. The van der Waals surface area contributed by atoms with Crippen LogP contribution in [-0.2, 0) is 6.42 Å². The van der Waals surface area contributed by atoms with Gasteiger partial charge in [0.2, 0.25) is 0 Å². The molecule has 0 amide bonds. The number of nitrogens with one attached hydrogen (secondary N) is 1. The third-order valence-electron chi connectivity index (χ3n) is 4.24. The Hall–Kier alpha value is -1.80. The molecule has 122 valence electrons. The SMILES string of the molecule is COc1ccc(-c2c(OC)ccc3c2Cc2sc(NI)nc2-3)cc1. The highest BCUT2D eigenvalue weighted by molar-refractivity contribution is 14.1. The van der Waals surface area contributed by atoms with Crippen molar-refractivity contribution >= 4 is 39.3 Å². The minimum atomic E-state index is 0.851. The lowest BCUT2D eigenvalue weighted by molar-refractivity contribution is 0.414. The molecule has 0 radical (unpaired) electrons. The average molecular weight is 450 g/mol. The van der Waals surface area contributed by atoms with Crippen molar-refractivity contribution in [1.82, 2.24) is 4.98 Å². The molecule has 0 saturated heterocycles. The van der Waals surface area contributed by atoms with Gasteiger partial charge in [0.1, 0.15) is 11.5 Å². The molecule has 6 heteroatoms. The molecule has 0 saturated carbocycles. The zero-order valence-corrected chi connectivity index (χ0v) is 16.2. The molecule has 4 nitrogen and oxygen atoms in total. The van der Waals surface area contributed by atoms with Crippen LogP contribution in [0.2, 0.25) is 0 Å². The molecule has 1 aliphatic rings. The predicted molar refractivity (Wildman–Crippen MR) is 107 cm³/mol. The molecule has 1 heterocycles. The number of nitrogens with zero attached hydrogens (tertiary/aromatic N) is 1. The number of ether oxygens (including phenoxy) is 2. The molecular formula is C18H15IN2O2S. The summed E-state index contributed by atoms with van der Waals surface area (Å²) in [5.74, 6) is 1.74. The summed E-state index contributed by atoms with van der Waals surface area (Å²) in [6, 6.07) is 12.3. The second-order valence-corrected chi connectivity index (χ2v) is 7.08. The van der Waals surface area contributed by atoms with Crippen LogP contribution >= 0.6 is 34.2 Å². The van der Waals surface area contributed by atoms with Gasteiger partial charge in [0.25, 0.3) is 0 Å². The quantitative estimate of drug-likeness (QED) is 0.345. The first kappa shape index (κ1) is 15.7. The first-order chi connectivity index (χ1) is 11.7. The third kappa shape index (κ3) is 2.44. The molecule has 1 N–H and O–H groups in total. The number of hydrogen-bond donors (Lipinski definition) is 1. The average Bonchev–Trinajstić information content (AvgIpc) is 3.18. The minimum Gasteiger partial charge on any atom is -0.497 e. The zero-order chi connectivity index (χ0) is 16.7. The maximum absolute atomic E-state index is 5.64. The van der Waals surface area contributed by atoms with E-state index >= 15 is 0 Å². The van der Waals surface area contributed by atoms with Gasteiger partial charge in [0.05, 0.1) is 42.8 Å². The van der Waals surface area contributed by atoms with E-state index in [1.165, 1.54) is 16.0 Å². The number of halogens is 1. The van der Waals surface area contributed by atoms with Gasteiger partial charge in [-0.25, -0.2) is 4.98 Å². The zero-order valence-electron chi connectivity index (χ0n) is 13.2. The fourth-order valence-electron chi connectivity index (χ4n) is 3.16. The number of hydrogen-bond acceptors (Lipinski definition) is 5. The highest BCUT2D eigenvalue weighted by Crippen LogP contribution is 2.48. The van der Waals surface area contributed by atoms with Gasteiger partial charge in [-0.15, -0.1) is 11.3 Å². The van der Waals surface area contributed by atoms with E-state index in [1.807, 2.05) is 18.2 Å². The monoisotopic (exact) mass is 450 g/mol. The van der Waals surface area contributed by atoms with Crippen molar-refractivity contribution in [2.24, 2.45) is 0 Å². The Balaban J connectivity index is 1.88. The van der Waals surface area contributed by atoms with Gasteiger partial charge in [0.15, 0.2) is 5.13 Å². The first-order valence-electron chi connectivity index (χ1n) is 7.46. The largest absolute Gasteiger partial charge is 0.497 e. The van der Waals surface area contributed by atoms with E-state index < -0.39 is 0 Å². The second kappa shape index (κ2) is 6.25. The molecule has 0 bridgehead atoms. The van der Waals surface area contributed by atoms with E-state index in [2.05, 4.69) is 44.6 Å². The fourth-order valence-corrected chi connectivity index (χ4v) is 4.49. The fraction of sp³-hybridized carbons (Fsp3) is 0.167. The second-order valence-electron chi connectivity index (χ2n) is 5.46. The number of thiazole rings is 1. The van der Waals surface area contributed by atoms with E-state index in [1.54, 1.807) is 25.6 Å². The molecule has 24 heavy (non-hydrogen) atoms. The lowest BCUT2D eigenvalue weighted by atomic mass is 9.95. The molecule has 0 aliphatic heterocycles. The standard InChI is InChI=1S/C18H15IN2O2S/c1-22-11-5-3-10(4-6-11)16-13-9-15-17(20-18(21-19)24-15)12(13)7-8-14(16)23-2/h3-8H,9H2,1-2H3,(H,20,21). The predicted octanol–water partition coefficient (Wildman–Crippen LogP) is 5.16. The third-order valence-corrected chi connectivity index (χ3v) is 6.09. The summed E-state index contributed by atoms with van der Waals surface area (Å²) < 4.78 is 14.0. The van der Waals surface area contributed by atoms with E-state index in [-0.39, 0.29) is 0 Å². The van der Waals surface area contributed by atoms with Gasteiger partial charge in [-0.2, -0.15) is 0 Å². The number of aromatic nitrogens is 1. The van der Waals surface area contributed by atoms with Crippen molar-refractivity contribution in [2.45, 2.75) is 6.42 Å². The number of fused-ring (bicyclic) bond motifs is 3. The summed E-state index contributed by atoms with van der Waals surface area (Å²) in [6.07, 6.45) is 0.888. The van der Waals surface area contributed by atoms with Gasteiger partial charge in [-0.1, -0.05) is 12.1 Å². The van der Waals surface area contributed by atoms with Crippen molar-refractivity contribution in [3.8, 4) is 33.9 Å². The van der Waals surface area contributed by atoms with E-state index in [4.69, 9.17) is 14.5 Å². The Morgan fingerprint density at radius 3 is 2.54 bits per heavy atom. The van der Waals surface area contributed by atoms with Crippen LogP contribution in [0.15, 0.2) is 36.4 Å². The molecular weight excluding hydrogens is 435 g/mol. The molecule has 1 aliphatic carbocycles. The molecule has 4 rings (SSSR count). The summed E-state index contributed by atoms with van der Waals surface area (Å²) >= 11 is 3.83. The summed E-state index contributed by atoms with van der Waals surface area (Å²) in [4.78, 5) is 6.01. The Bertz CT molecular complexity index is 906. The van der Waals surface area contributed by atoms with Gasteiger partial charge in [-0.05, 0) is 35.4 Å². The van der Waals surface area contributed by atoms with Crippen LogP contribution in [0.1, 0.15) is 10.4 Å². The van der Waals surface area contributed by atoms with Crippen molar-refractivity contribution < 1.29 is 9.47 Å². The summed E-state index contributed by atoms with van der Waals surface area (Å²) in [5, 5.41) is 0.952. The minimum absolute atomic E-state index is 0.851. The van der Waals surface area contributed by atoms with Gasteiger partial charge < -0.3 is 13.0 Å². The van der Waals surface area contributed by atoms with Crippen LogP contribution in [0.5, 0.6) is 11.5 Å². The molecule has 0 atom stereocenters. The molecule has 0 unspecified atom stereocenters. The highest BCUT2D eigenvalue weighted by Gasteiger charge is 2.28. The molecule has 0 spiro atoms. The Kier molecular flexibility index (Phi) is 4.09. The van der Waals surface area contributed by atoms with E-state index in [0.29, 0.717) is 0 Å². The summed E-state index contributed by atoms with van der Waals surface area (Å²) in [7, 11) is 3.40. The van der Waals surface area contributed by atoms with E-state index in [9.17, 15) is 0 Å². The maximum atomic E-state index is 5.64. The van der Waals surface area contributed by atoms with Crippen LogP contribution in [-0.4, -0.2) is 19.2 Å². The number of anilines is 1. The Morgan fingerprint density at radius 1 is 1.08 bits per heavy atom. The van der Waals surface area contributed by atoms with Gasteiger partial charge >= 0.3 is 0 Å².